The minimum Gasteiger partial charge on any atom is -0.454 e. The molecule has 0 spiro atoms. The van der Waals surface area contributed by atoms with Gasteiger partial charge in [-0.1, -0.05) is 0 Å². The van der Waals surface area contributed by atoms with Crippen molar-refractivity contribution in [2.45, 2.75) is 11.8 Å². The molecule has 0 saturated heterocycles. The quantitative estimate of drug-likeness (QED) is 0.621. The zero-order valence-electron chi connectivity index (χ0n) is 12.8. The number of esters is 1. The number of nitrogens with one attached hydrogen (secondary N) is 1. The molecule has 1 aromatic carbocycles. The van der Waals surface area contributed by atoms with Crippen molar-refractivity contribution >= 4 is 33.1 Å². The standard InChI is InChI=1S/C15H14FNO5S2/c1-9-3-6-14(23-9)13(18)8-22-15(19)11-7-10(4-5-12(11)16)24(20,21)17-2/h3-7,17H,8H2,1-2H3. The number of benzene rings is 1. The van der Waals surface area contributed by atoms with Gasteiger partial charge in [-0.05, 0) is 44.3 Å². The maximum atomic E-state index is 13.8. The van der Waals surface area contributed by atoms with Crippen LogP contribution in [0.3, 0.4) is 0 Å². The second-order valence-electron chi connectivity index (χ2n) is 4.76. The lowest BCUT2D eigenvalue weighted by Gasteiger charge is -2.07. The lowest BCUT2D eigenvalue weighted by atomic mass is 10.2. The lowest BCUT2D eigenvalue weighted by Crippen LogP contribution is -2.20. The van der Waals surface area contributed by atoms with Crippen LogP contribution >= 0.6 is 11.3 Å². The van der Waals surface area contributed by atoms with Gasteiger partial charge in [0.05, 0.1) is 15.3 Å². The molecule has 1 aromatic heterocycles. The summed E-state index contributed by atoms with van der Waals surface area (Å²) < 4.78 is 44.0. The first kappa shape index (κ1) is 18.2. The van der Waals surface area contributed by atoms with Gasteiger partial charge in [-0.25, -0.2) is 22.3 Å². The smallest absolute Gasteiger partial charge is 0.341 e. The minimum absolute atomic E-state index is 0.279. The second kappa shape index (κ2) is 7.20. The van der Waals surface area contributed by atoms with Crippen molar-refractivity contribution in [3.05, 3.63) is 51.5 Å². The number of ketones is 1. The Morgan fingerprint density at radius 2 is 1.96 bits per heavy atom. The maximum Gasteiger partial charge on any atom is 0.341 e. The van der Waals surface area contributed by atoms with Crippen LogP contribution in [-0.2, 0) is 14.8 Å². The van der Waals surface area contributed by atoms with Gasteiger partial charge in [-0.3, -0.25) is 4.79 Å². The van der Waals surface area contributed by atoms with Crippen molar-refractivity contribution in [3.63, 3.8) is 0 Å². The predicted molar refractivity (Wildman–Crippen MR) is 86.3 cm³/mol. The van der Waals surface area contributed by atoms with E-state index in [1.807, 2.05) is 6.92 Å². The minimum atomic E-state index is -3.83. The van der Waals surface area contributed by atoms with Crippen LogP contribution in [0.2, 0.25) is 0 Å². The van der Waals surface area contributed by atoms with Crippen LogP contribution in [0.1, 0.15) is 24.9 Å². The third-order valence-electron chi connectivity index (χ3n) is 3.09. The maximum absolute atomic E-state index is 13.8. The summed E-state index contributed by atoms with van der Waals surface area (Å²) in [5.74, 6) is -2.46. The van der Waals surface area contributed by atoms with Gasteiger partial charge in [0.25, 0.3) is 0 Å². The normalized spacial score (nSPS) is 11.3. The highest BCUT2D eigenvalue weighted by molar-refractivity contribution is 7.89. The molecule has 1 N–H and O–H groups in total. The summed E-state index contributed by atoms with van der Waals surface area (Å²) in [6, 6.07) is 6.11. The molecule has 0 aliphatic rings. The number of carbonyl (C=O) groups excluding carboxylic acids is 2. The van der Waals surface area contributed by atoms with E-state index in [4.69, 9.17) is 4.74 Å². The summed E-state index contributed by atoms with van der Waals surface area (Å²) in [6.07, 6.45) is 0. The number of rotatable bonds is 6. The van der Waals surface area contributed by atoms with Crippen LogP contribution in [0.25, 0.3) is 0 Å². The summed E-state index contributed by atoms with van der Waals surface area (Å²) in [5.41, 5.74) is -0.554. The van der Waals surface area contributed by atoms with E-state index in [1.165, 1.54) is 18.4 Å². The Hall–Kier alpha value is -2.10. The van der Waals surface area contributed by atoms with Crippen molar-refractivity contribution in [2.75, 3.05) is 13.7 Å². The monoisotopic (exact) mass is 371 g/mol. The van der Waals surface area contributed by atoms with Crippen molar-refractivity contribution < 1.29 is 27.1 Å². The number of Topliss-reactive ketones (excluding diaryl/α,β-unsaturated/α-hetero) is 1. The van der Waals surface area contributed by atoms with Gasteiger partial charge >= 0.3 is 5.97 Å². The highest BCUT2D eigenvalue weighted by atomic mass is 32.2. The molecule has 0 aliphatic heterocycles. The molecule has 2 aromatic rings. The summed E-state index contributed by atoms with van der Waals surface area (Å²) in [4.78, 5) is 24.9. The van der Waals surface area contributed by atoms with E-state index >= 15 is 0 Å². The number of ether oxygens (including phenoxy) is 1. The molecule has 0 fully saturated rings. The van der Waals surface area contributed by atoms with E-state index in [0.29, 0.717) is 4.88 Å². The van der Waals surface area contributed by atoms with Crippen LogP contribution in [0, 0.1) is 12.7 Å². The van der Waals surface area contributed by atoms with Crippen molar-refractivity contribution in [1.29, 1.82) is 0 Å². The molecule has 0 aliphatic carbocycles. The number of aryl methyl sites for hydroxylation is 1. The highest BCUT2D eigenvalue weighted by Gasteiger charge is 2.20. The fourth-order valence-electron chi connectivity index (χ4n) is 1.81. The van der Waals surface area contributed by atoms with E-state index in [1.54, 1.807) is 12.1 Å². The topological polar surface area (TPSA) is 89.5 Å². The molecule has 0 unspecified atom stereocenters. The summed E-state index contributed by atoms with van der Waals surface area (Å²) >= 11 is 1.25. The molecular weight excluding hydrogens is 357 g/mol. The Balaban J connectivity index is 2.15. The van der Waals surface area contributed by atoms with Crippen LogP contribution < -0.4 is 4.72 Å². The van der Waals surface area contributed by atoms with Crippen molar-refractivity contribution in [1.82, 2.24) is 4.72 Å². The predicted octanol–water partition coefficient (Wildman–Crippen LogP) is 2.14. The Morgan fingerprint density at radius 3 is 2.54 bits per heavy atom. The molecule has 0 amide bonds. The largest absolute Gasteiger partial charge is 0.454 e. The number of hydrogen-bond donors (Lipinski definition) is 1. The third kappa shape index (κ3) is 4.05. The van der Waals surface area contributed by atoms with E-state index < -0.39 is 39.8 Å². The molecule has 0 bridgehead atoms. The number of thiophene rings is 1. The Labute approximate surface area is 142 Å². The molecule has 0 radical (unpaired) electrons. The number of hydrogen-bond acceptors (Lipinski definition) is 6. The second-order valence-corrected chi connectivity index (χ2v) is 7.93. The van der Waals surface area contributed by atoms with Crippen LogP contribution in [0.4, 0.5) is 4.39 Å². The number of carbonyl (C=O) groups is 2. The fourth-order valence-corrected chi connectivity index (χ4v) is 3.36. The summed E-state index contributed by atoms with van der Waals surface area (Å²) in [5, 5.41) is 0. The van der Waals surface area contributed by atoms with Gasteiger partial charge in [0.2, 0.25) is 15.8 Å². The first-order chi connectivity index (χ1) is 11.2. The third-order valence-corrected chi connectivity index (χ3v) is 5.54. The van der Waals surface area contributed by atoms with Crippen LogP contribution in [0.15, 0.2) is 35.2 Å². The Bertz CT molecular complexity index is 889. The zero-order chi connectivity index (χ0) is 17.9. The summed E-state index contributed by atoms with van der Waals surface area (Å²) in [6.45, 7) is 1.28. The molecular formula is C15H14FNO5S2. The molecule has 0 saturated carbocycles. The average Bonchev–Trinajstić information content (AvgIpc) is 2.99. The zero-order valence-corrected chi connectivity index (χ0v) is 14.5. The van der Waals surface area contributed by atoms with Gasteiger partial charge in [-0.2, -0.15) is 0 Å². The van der Waals surface area contributed by atoms with Gasteiger partial charge in [-0.15, -0.1) is 11.3 Å². The first-order valence-electron chi connectivity index (χ1n) is 6.74. The molecule has 6 nitrogen and oxygen atoms in total. The van der Waals surface area contributed by atoms with E-state index in [0.717, 1.165) is 23.1 Å². The number of sulfonamides is 1. The molecule has 128 valence electrons. The van der Waals surface area contributed by atoms with E-state index in [2.05, 4.69) is 4.72 Å². The van der Waals surface area contributed by atoms with Crippen molar-refractivity contribution in [2.24, 2.45) is 0 Å². The van der Waals surface area contributed by atoms with Crippen LogP contribution in [-0.4, -0.2) is 33.8 Å². The van der Waals surface area contributed by atoms with Gasteiger partial charge in [0.1, 0.15) is 5.82 Å². The first-order valence-corrected chi connectivity index (χ1v) is 9.04. The van der Waals surface area contributed by atoms with Gasteiger partial charge in [0.15, 0.2) is 6.61 Å². The van der Waals surface area contributed by atoms with E-state index in [9.17, 15) is 22.4 Å². The van der Waals surface area contributed by atoms with Crippen molar-refractivity contribution in [3.8, 4) is 0 Å². The number of halogens is 1. The molecule has 0 atom stereocenters. The average molecular weight is 371 g/mol. The van der Waals surface area contributed by atoms with E-state index in [-0.39, 0.29) is 4.90 Å². The highest BCUT2D eigenvalue weighted by Crippen LogP contribution is 2.18. The molecule has 1 heterocycles. The molecule has 9 heteroatoms. The van der Waals surface area contributed by atoms with Gasteiger partial charge in [0, 0.05) is 4.88 Å². The molecule has 2 rings (SSSR count). The Morgan fingerprint density at radius 1 is 1.25 bits per heavy atom. The Kier molecular flexibility index (Phi) is 5.47. The van der Waals surface area contributed by atoms with Crippen LogP contribution in [0.5, 0.6) is 0 Å². The lowest BCUT2D eigenvalue weighted by molar-refractivity contribution is 0.0471. The SMILES string of the molecule is CNS(=O)(=O)c1ccc(F)c(C(=O)OCC(=O)c2ccc(C)s2)c1. The summed E-state index contributed by atoms with van der Waals surface area (Å²) in [7, 11) is -2.64. The fraction of sp³-hybridized carbons (Fsp3) is 0.200. The van der Waals surface area contributed by atoms with Gasteiger partial charge < -0.3 is 4.74 Å². The molecule has 24 heavy (non-hydrogen) atoms.